The molecule has 132 valence electrons. The van der Waals surface area contributed by atoms with E-state index in [-0.39, 0.29) is 0 Å². The van der Waals surface area contributed by atoms with Crippen LogP contribution in [0.3, 0.4) is 0 Å². The van der Waals surface area contributed by atoms with Crippen molar-refractivity contribution < 1.29 is 8.42 Å². The third-order valence-corrected chi connectivity index (χ3v) is 6.82. The number of sulfonamides is 1. The lowest BCUT2D eigenvalue weighted by Crippen LogP contribution is -2.42. The first-order valence-corrected chi connectivity index (χ1v) is 10.5. The molecule has 0 saturated heterocycles. The van der Waals surface area contributed by atoms with Gasteiger partial charge in [-0.05, 0) is 35.4 Å². The van der Waals surface area contributed by atoms with E-state index in [9.17, 15) is 8.42 Å². The zero-order chi connectivity index (χ0) is 18.1. The van der Waals surface area contributed by atoms with E-state index < -0.39 is 16.2 Å². The second-order valence-electron chi connectivity index (χ2n) is 6.13. The number of para-hydroxylation sites is 1. The lowest BCUT2D eigenvalue weighted by atomic mass is 10.1. The molecule has 0 fully saturated rings. The number of hydrogen-bond acceptors (Lipinski definition) is 3. The van der Waals surface area contributed by atoms with Crippen molar-refractivity contribution in [3.8, 4) is 0 Å². The van der Waals surface area contributed by atoms with Crippen LogP contribution in [-0.2, 0) is 16.6 Å². The Bertz CT molecular complexity index is 1020. The molecule has 1 aliphatic heterocycles. The van der Waals surface area contributed by atoms with Gasteiger partial charge < -0.3 is 5.32 Å². The second-order valence-corrected chi connectivity index (χ2v) is 8.91. The van der Waals surface area contributed by atoms with E-state index in [0.29, 0.717) is 17.1 Å². The molecular formula is C20H17BrN2O2S. The minimum Gasteiger partial charge on any atom is -0.364 e. The average molecular weight is 429 g/mol. The van der Waals surface area contributed by atoms with Crippen LogP contribution in [0.5, 0.6) is 0 Å². The molecule has 3 aromatic rings. The predicted octanol–water partition coefficient (Wildman–Crippen LogP) is 4.76. The number of benzene rings is 3. The number of nitrogens with zero attached hydrogens (tertiary/aromatic N) is 1. The standard InChI is InChI=1S/C20H17BrN2O2S/c21-17-12-10-16(11-13-17)20-22-18-8-4-5-9-19(18)26(24,25)23(20)14-15-6-2-1-3-7-15/h1-13,20,22H,14H2/t20-/m0/s1. The summed E-state index contributed by atoms with van der Waals surface area (Å²) in [5.74, 6) is 0. The molecule has 4 rings (SSSR count). The molecule has 6 heteroatoms. The first-order valence-electron chi connectivity index (χ1n) is 8.22. The van der Waals surface area contributed by atoms with Crippen molar-refractivity contribution in [1.82, 2.24) is 4.31 Å². The van der Waals surface area contributed by atoms with E-state index in [0.717, 1.165) is 15.6 Å². The molecule has 1 aliphatic rings. The van der Waals surface area contributed by atoms with Crippen molar-refractivity contribution in [3.63, 3.8) is 0 Å². The van der Waals surface area contributed by atoms with E-state index in [1.807, 2.05) is 60.7 Å². The van der Waals surface area contributed by atoms with Gasteiger partial charge in [-0.25, -0.2) is 8.42 Å². The summed E-state index contributed by atoms with van der Waals surface area (Å²) in [6.45, 7) is 0.297. The van der Waals surface area contributed by atoms with Gasteiger partial charge in [0.25, 0.3) is 0 Å². The molecule has 4 nitrogen and oxygen atoms in total. The Morgan fingerprint density at radius 2 is 1.54 bits per heavy atom. The fourth-order valence-corrected chi connectivity index (χ4v) is 5.07. The first kappa shape index (κ1) is 17.3. The van der Waals surface area contributed by atoms with Crippen molar-refractivity contribution >= 4 is 31.6 Å². The molecule has 1 N–H and O–H groups in total. The predicted molar refractivity (Wildman–Crippen MR) is 106 cm³/mol. The Hall–Kier alpha value is -2.15. The number of nitrogens with one attached hydrogen (secondary N) is 1. The van der Waals surface area contributed by atoms with Crippen LogP contribution >= 0.6 is 15.9 Å². The van der Waals surface area contributed by atoms with E-state index in [4.69, 9.17) is 0 Å². The molecular weight excluding hydrogens is 412 g/mol. The molecule has 0 aliphatic carbocycles. The number of rotatable bonds is 3. The molecule has 0 amide bonds. The van der Waals surface area contributed by atoms with Gasteiger partial charge in [0, 0.05) is 11.0 Å². The molecule has 1 heterocycles. The minimum atomic E-state index is -3.63. The molecule has 0 unspecified atom stereocenters. The van der Waals surface area contributed by atoms with Crippen molar-refractivity contribution in [2.45, 2.75) is 17.6 Å². The zero-order valence-corrected chi connectivity index (χ0v) is 16.2. The highest BCUT2D eigenvalue weighted by molar-refractivity contribution is 9.10. The van der Waals surface area contributed by atoms with Gasteiger partial charge in [0.15, 0.2) is 0 Å². The molecule has 0 radical (unpaired) electrons. The van der Waals surface area contributed by atoms with Gasteiger partial charge in [-0.1, -0.05) is 70.5 Å². The third-order valence-electron chi connectivity index (χ3n) is 4.42. The maximum Gasteiger partial charge on any atom is 0.247 e. The summed E-state index contributed by atoms with van der Waals surface area (Å²) in [5, 5.41) is 3.39. The first-order chi connectivity index (χ1) is 12.6. The van der Waals surface area contributed by atoms with E-state index in [1.165, 1.54) is 4.31 Å². The van der Waals surface area contributed by atoms with E-state index in [2.05, 4.69) is 21.2 Å². The SMILES string of the molecule is O=S1(=O)c2ccccc2N[C@H](c2ccc(Br)cc2)N1Cc1ccccc1. The molecule has 0 spiro atoms. The number of fused-ring (bicyclic) bond motifs is 1. The quantitative estimate of drug-likeness (QED) is 0.653. The maximum atomic E-state index is 13.3. The van der Waals surface area contributed by atoms with Crippen LogP contribution in [0.1, 0.15) is 17.3 Å². The van der Waals surface area contributed by atoms with Crippen LogP contribution in [-0.4, -0.2) is 12.7 Å². The lowest BCUT2D eigenvalue weighted by Gasteiger charge is -2.37. The summed E-state index contributed by atoms with van der Waals surface area (Å²) in [7, 11) is -3.63. The zero-order valence-electron chi connectivity index (χ0n) is 13.8. The second kappa shape index (κ2) is 6.87. The van der Waals surface area contributed by atoms with Crippen molar-refractivity contribution in [2.24, 2.45) is 0 Å². The topological polar surface area (TPSA) is 49.4 Å². The summed E-state index contributed by atoms with van der Waals surface area (Å²) in [5.41, 5.74) is 2.46. The maximum absolute atomic E-state index is 13.3. The van der Waals surface area contributed by atoms with Crippen LogP contribution in [0.15, 0.2) is 88.2 Å². The van der Waals surface area contributed by atoms with Crippen LogP contribution < -0.4 is 5.32 Å². The third kappa shape index (κ3) is 3.16. The van der Waals surface area contributed by atoms with Crippen molar-refractivity contribution in [3.05, 3.63) is 94.5 Å². The Morgan fingerprint density at radius 3 is 2.27 bits per heavy atom. The van der Waals surface area contributed by atoms with Crippen LogP contribution in [0, 0.1) is 0 Å². The fraction of sp³-hybridized carbons (Fsp3) is 0.100. The fourth-order valence-electron chi connectivity index (χ4n) is 3.13. The van der Waals surface area contributed by atoms with Gasteiger partial charge in [0.1, 0.15) is 11.1 Å². The van der Waals surface area contributed by atoms with Crippen LogP contribution in [0.2, 0.25) is 0 Å². The van der Waals surface area contributed by atoms with Gasteiger partial charge in [0.2, 0.25) is 10.0 Å². The van der Waals surface area contributed by atoms with Gasteiger partial charge in [-0.2, -0.15) is 4.31 Å². The van der Waals surface area contributed by atoms with Crippen molar-refractivity contribution in [1.29, 1.82) is 0 Å². The van der Waals surface area contributed by atoms with Gasteiger partial charge in [0.05, 0.1) is 5.69 Å². The number of hydrogen-bond donors (Lipinski definition) is 1. The smallest absolute Gasteiger partial charge is 0.247 e. The molecule has 0 saturated carbocycles. The summed E-state index contributed by atoms with van der Waals surface area (Å²) in [6.07, 6.45) is -0.469. The molecule has 3 aromatic carbocycles. The molecule has 26 heavy (non-hydrogen) atoms. The summed E-state index contributed by atoms with van der Waals surface area (Å²) in [4.78, 5) is 0.310. The van der Waals surface area contributed by atoms with Crippen LogP contribution in [0.4, 0.5) is 5.69 Å². The summed E-state index contributed by atoms with van der Waals surface area (Å²) >= 11 is 3.43. The van der Waals surface area contributed by atoms with Crippen molar-refractivity contribution in [2.75, 3.05) is 5.32 Å². The Morgan fingerprint density at radius 1 is 0.885 bits per heavy atom. The minimum absolute atomic E-state index is 0.297. The Kier molecular flexibility index (Phi) is 4.56. The molecule has 0 aromatic heterocycles. The summed E-state index contributed by atoms with van der Waals surface area (Å²) in [6, 6.07) is 24.4. The monoisotopic (exact) mass is 428 g/mol. The largest absolute Gasteiger partial charge is 0.364 e. The lowest BCUT2D eigenvalue weighted by molar-refractivity contribution is 0.336. The average Bonchev–Trinajstić information content (AvgIpc) is 2.66. The molecule has 1 atom stereocenters. The Balaban J connectivity index is 1.83. The highest BCUT2D eigenvalue weighted by Gasteiger charge is 2.38. The van der Waals surface area contributed by atoms with Gasteiger partial charge in [-0.3, -0.25) is 0 Å². The molecule has 0 bridgehead atoms. The highest BCUT2D eigenvalue weighted by atomic mass is 79.9. The highest BCUT2D eigenvalue weighted by Crippen LogP contribution is 2.39. The van der Waals surface area contributed by atoms with Gasteiger partial charge in [-0.15, -0.1) is 0 Å². The van der Waals surface area contributed by atoms with Crippen LogP contribution in [0.25, 0.3) is 0 Å². The number of halogens is 1. The van der Waals surface area contributed by atoms with E-state index in [1.54, 1.807) is 18.2 Å². The Labute approximate surface area is 161 Å². The normalized spacial score (nSPS) is 18.7. The van der Waals surface area contributed by atoms with E-state index >= 15 is 0 Å². The summed E-state index contributed by atoms with van der Waals surface area (Å²) < 4.78 is 29.1. The number of anilines is 1. The van der Waals surface area contributed by atoms with Gasteiger partial charge >= 0.3 is 0 Å².